The summed E-state index contributed by atoms with van der Waals surface area (Å²) in [4.78, 5) is 16.4. The van der Waals surface area contributed by atoms with Crippen LogP contribution in [0.4, 0.5) is 0 Å². The van der Waals surface area contributed by atoms with Gasteiger partial charge in [0.2, 0.25) is 0 Å². The van der Waals surface area contributed by atoms with E-state index in [4.69, 9.17) is 0 Å². The zero-order valence-corrected chi connectivity index (χ0v) is 7.05. The van der Waals surface area contributed by atoms with Gasteiger partial charge >= 0.3 is 0 Å². The lowest BCUT2D eigenvalue weighted by atomic mass is 10.4. The first kappa shape index (κ1) is 9.19. The van der Waals surface area contributed by atoms with Crippen molar-refractivity contribution in [1.82, 2.24) is 9.97 Å². The number of hydrogen-bond acceptors (Lipinski definition) is 2. The van der Waals surface area contributed by atoms with Crippen LogP contribution >= 0.6 is 0 Å². The predicted molar refractivity (Wildman–Crippen MR) is 50.4 cm³/mol. The molecular weight excluding hydrogens is 164 g/mol. The number of nitrogens with zero attached hydrogens (tertiary/aromatic N) is 1. The normalized spacial score (nSPS) is 8.31. The van der Waals surface area contributed by atoms with Crippen molar-refractivity contribution in [2.75, 3.05) is 0 Å². The lowest BCUT2D eigenvalue weighted by Gasteiger charge is -1.70. The summed E-state index contributed by atoms with van der Waals surface area (Å²) in [5.41, 5.74) is 0.694. The summed E-state index contributed by atoms with van der Waals surface area (Å²) >= 11 is 0. The van der Waals surface area contributed by atoms with Crippen molar-refractivity contribution >= 4 is 6.29 Å². The van der Waals surface area contributed by atoms with E-state index < -0.39 is 0 Å². The molecule has 0 aromatic carbocycles. The van der Waals surface area contributed by atoms with Gasteiger partial charge in [-0.15, -0.1) is 0 Å². The molecule has 0 atom stereocenters. The Morgan fingerprint density at radius 3 is 2.23 bits per heavy atom. The van der Waals surface area contributed by atoms with Crippen LogP contribution in [0.25, 0.3) is 0 Å². The maximum Gasteiger partial charge on any atom is 0.151 e. The Bertz CT molecular complexity index is 289. The van der Waals surface area contributed by atoms with Gasteiger partial charge in [0.15, 0.2) is 6.29 Å². The van der Waals surface area contributed by atoms with E-state index in [1.54, 1.807) is 30.9 Å². The zero-order chi connectivity index (χ0) is 9.36. The Kier molecular flexibility index (Phi) is 4.04. The highest BCUT2D eigenvalue weighted by Crippen LogP contribution is 1.87. The molecular formula is C10H10N2O. The van der Waals surface area contributed by atoms with Crippen LogP contribution in [0, 0.1) is 0 Å². The SMILES string of the molecule is O=Cc1cc[nH]c1.c1ccncc1. The van der Waals surface area contributed by atoms with E-state index in [0.29, 0.717) is 5.56 Å². The van der Waals surface area contributed by atoms with Gasteiger partial charge in [0.25, 0.3) is 0 Å². The number of nitrogens with one attached hydrogen (secondary N) is 1. The minimum atomic E-state index is 0.694. The van der Waals surface area contributed by atoms with Crippen molar-refractivity contribution in [2.45, 2.75) is 0 Å². The summed E-state index contributed by atoms with van der Waals surface area (Å²) in [6.07, 6.45) is 7.66. The summed E-state index contributed by atoms with van der Waals surface area (Å²) in [5.74, 6) is 0. The minimum absolute atomic E-state index is 0.694. The number of rotatable bonds is 1. The number of aromatic nitrogens is 2. The van der Waals surface area contributed by atoms with Crippen molar-refractivity contribution in [3.8, 4) is 0 Å². The van der Waals surface area contributed by atoms with Crippen molar-refractivity contribution in [1.29, 1.82) is 0 Å². The summed E-state index contributed by atoms with van der Waals surface area (Å²) in [7, 11) is 0. The zero-order valence-electron chi connectivity index (χ0n) is 7.05. The first-order chi connectivity index (χ1) is 6.43. The van der Waals surface area contributed by atoms with Crippen molar-refractivity contribution < 1.29 is 4.79 Å². The van der Waals surface area contributed by atoms with Gasteiger partial charge in [-0.05, 0) is 18.2 Å². The number of carbonyl (C=O) groups excluding carboxylic acids is 1. The fourth-order valence-electron chi connectivity index (χ4n) is 0.723. The van der Waals surface area contributed by atoms with Gasteiger partial charge in [-0.3, -0.25) is 9.78 Å². The van der Waals surface area contributed by atoms with Crippen LogP contribution in [-0.2, 0) is 0 Å². The average molecular weight is 174 g/mol. The largest absolute Gasteiger partial charge is 0.367 e. The third-order valence-corrected chi connectivity index (χ3v) is 1.32. The van der Waals surface area contributed by atoms with E-state index in [1.807, 2.05) is 18.2 Å². The Morgan fingerprint density at radius 1 is 1.23 bits per heavy atom. The molecule has 0 aliphatic rings. The Balaban J connectivity index is 0.000000132. The average Bonchev–Trinajstić information content (AvgIpc) is 2.74. The topological polar surface area (TPSA) is 45.8 Å². The van der Waals surface area contributed by atoms with Gasteiger partial charge in [-0.2, -0.15) is 0 Å². The molecule has 2 heterocycles. The lowest BCUT2D eigenvalue weighted by Crippen LogP contribution is -1.66. The molecule has 66 valence electrons. The number of H-pyrrole nitrogens is 1. The molecule has 2 aromatic rings. The van der Waals surface area contributed by atoms with Gasteiger partial charge in [0.1, 0.15) is 0 Å². The highest BCUT2D eigenvalue weighted by Gasteiger charge is 1.81. The quantitative estimate of drug-likeness (QED) is 0.671. The molecule has 2 rings (SSSR count). The number of pyridine rings is 1. The fourth-order valence-corrected chi connectivity index (χ4v) is 0.723. The highest BCUT2D eigenvalue weighted by atomic mass is 16.1. The molecule has 0 unspecified atom stereocenters. The van der Waals surface area contributed by atoms with Crippen molar-refractivity contribution in [3.63, 3.8) is 0 Å². The van der Waals surface area contributed by atoms with E-state index in [1.165, 1.54) is 0 Å². The number of aromatic amines is 1. The smallest absolute Gasteiger partial charge is 0.151 e. The first-order valence-electron chi connectivity index (χ1n) is 3.86. The standard InChI is InChI=1S/C5H5NO.C5H5N/c7-4-5-1-2-6-3-5;1-2-4-6-5-3-1/h1-4,6H;1-5H. The second kappa shape index (κ2) is 5.71. The summed E-state index contributed by atoms with van der Waals surface area (Å²) in [6.45, 7) is 0. The van der Waals surface area contributed by atoms with Crippen LogP contribution in [0.5, 0.6) is 0 Å². The van der Waals surface area contributed by atoms with E-state index in [0.717, 1.165) is 6.29 Å². The Labute approximate surface area is 76.4 Å². The number of carbonyl (C=O) groups is 1. The van der Waals surface area contributed by atoms with Crippen LogP contribution in [0.3, 0.4) is 0 Å². The molecule has 0 saturated carbocycles. The summed E-state index contributed by atoms with van der Waals surface area (Å²) < 4.78 is 0. The molecule has 13 heavy (non-hydrogen) atoms. The first-order valence-corrected chi connectivity index (χ1v) is 3.86. The van der Waals surface area contributed by atoms with Crippen LogP contribution < -0.4 is 0 Å². The van der Waals surface area contributed by atoms with Crippen LogP contribution in [0.1, 0.15) is 10.4 Å². The molecule has 0 bridgehead atoms. The Morgan fingerprint density at radius 2 is 2.00 bits per heavy atom. The van der Waals surface area contributed by atoms with E-state index in [2.05, 4.69) is 9.97 Å². The van der Waals surface area contributed by atoms with E-state index in [9.17, 15) is 4.79 Å². The minimum Gasteiger partial charge on any atom is -0.367 e. The molecule has 0 spiro atoms. The second-order valence-electron chi connectivity index (χ2n) is 2.29. The van der Waals surface area contributed by atoms with Crippen LogP contribution in [-0.4, -0.2) is 16.3 Å². The third kappa shape index (κ3) is 3.86. The molecule has 0 radical (unpaired) electrons. The monoisotopic (exact) mass is 174 g/mol. The molecule has 2 aromatic heterocycles. The number of hydrogen-bond donors (Lipinski definition) is 1. The predicted octanol–water partition coefficient (Wildman–Crippen LogP) is 1.91. The van der Waals surface area contributed by atoms with Gasteiger partial charge < -0.3 is 4.98 Å². The van der Waals surface area contributed by atoms with E-state index >= 15 is 0 Å². The molecule has 0 amide bonds. The van der Waals surface area contributed by atoms with Crippen LogP contribution in [0.15, 0.2) is 49.1 Å². The van der Waals surface area contributed by atoms with E-state index in [-0.39, 0.29) is 0 Å². The molecule has 0 fully saturated rings. The fraction of sp³-hybridized carbons (Fsp3) is 0. The summed E-state index contributed by atoms with van der Waals surface area (Å²) in [5, 5.41) is 0. The van der Waals surface area contributed by atoms with Crippen molar-refractivity contribution in [3.05, 3.63) is 54.6 Å². The van der Waals surface area contributed by atoms with Crippen LogP contribution in [0.2, 0.25) is 0 Å². The molecule has 3 nitrogen and oxygen atoms in total. The van der Waals surface area contributed by atoms with Gasteiger partial charge in [-0.1, -0.05) is 6.07 Å². The summed E-state index contributed by atoms with van der Waals surface area (Å²) in [6, 6.07) is 7.43. The maximum atomic E-state index is 9.85. The lowest BCUT2D eigenvalue weighted by molar-refractivity contribution is 0.112. The molecule has 0 aliphatic heterocycles. The third-order valence-electron chi connectivity index (χ3n) is 1.32. The molecule has 0 saturated heterocycles. The van der Waals surface area contributed by atoms with Gasteiger partial charge in [-0.25, -0.2) is 0 Å². The highest BCUT2D eigenvalue weighted by molar-refractivity contribution is 5.73. The number of aldehydes is 1. The Hall–Kier alpha value is -1.90. The van der Waals surface area contributed by atoms with Crippen molar-refractivity contribution in [2.24, 2.45) is 0 Å². The second-order valence-corrected chi connectivity index (χ2v) is 2.29. The van der Waals surface area contributed by atoms with Gasteiger partial charge in [0, 0.05) is 30.4 Å². The molecule has 0 aliphatic carbocycles. The molecule has 3 heteroatoms. The molecule has 1 N–H and O–H groups in total. The maximum absolute atomic E-state index is 9.85. The van der Waals surface area contributed by atoms with Gasteiger partial charge in [0.05, 0.1) is 0 Å².